The van der Waals surface area contributed by atoms with Crippen molar-refractivity contribution < 1.29 is 9.59 Å². The molecule has 2 aromatic rings. The number of hydrogen-bond acceptors (Lipinski definition) is 2. The first-order chi connectivity index (χ1) is 13.5. The van der Waals surface area contributed by atoms with Gasteiger partial charge in [-0.2, -0.15) is 0 Å². The topological polar surface area (TPSA) is 70.2 Å². The summed E-state index contributed by atoms with van der Waals surface area (Å²) in [6.07, 6.45) is 1.90. The Kier molecular flexibility index (Phi) is 8.53. The van der Waals surface area contributed by atoms with Crippen molar-refractivity contribution in [1.82, 2.24) is 16.0 Å². The summed E-state index contributed by atoms with van der Waals surface area (Å²) in [4.78, 5) is 24.1. The molecule has 2 aromatic carbocycles. The van der Waals surface area contributed by atoms with Crippen LogP contribution in [0, 0.1) is 12.8 Å². The Morgan fingerprint density at radius 3 is 2.04 bits per heavy atom. The number of carbonyl (C=O) groups excluding carboxylic acids is 2. The average Bonchev–Trinajstić information content (AvgIpc) is 2.70. The lowest BCUT2D eigenvalue weighted by molar-refractivity contribution is -0.124. The van der Waals surface area contributed by atoms with E-state index in [1.165, 1.54) is 5.56 Å². The van der Waals surface area contributed by atoms with Crippen molar-refractivity contribution in [3.63, 3.8) is 0 Å². The van der Waals surface area contributed by atoms with E-state index in [4.69, 9.17) is 0 Å². The second-order valence-electron chi connectivity index (χ2n) is 7.25. The van der Waals surface area contributed by atoms with Crippen LogP contribution < -0.4 is 16.0 Å². The molecule has 28 heavy (non-hydrogen) atoms. The van der Waals surface area contributed by atoms with Gasteiger partial charge >= 0.3 is 6.03 Å². The van der Waals surface area contributed by atoms with Crippen LogP contribution in [0.3, 0.4) is 0 Å². The second kappa shape index (κ2) is 11.1. The molecule has 0 heterocycles. The zero-order valence-corrected chi connectivity index (χ0v) is 17.0. The molecule has 5 nitrogen and oxygen atoms in total. The van der Waals surface area contributed by atoms with Gasteiger partial charge in [0.15, 0.2) is 0 Å². The van der Waals surface area contributed by atoms with Crippen molar-refractivity contribution >= 4 is 11.9 Å². The van der Waals surface area contributed by atoms with Crippen LogP contribution in [0.1, 0.15) is 48.9 Å². The third-order valence-electron chi connectivity index (χ3n) is 4.65. The molecule has 0 aliphatic heterocycles. The van der Waals surface area contributed by atoms with E-state index in [-0.39, 0.29) is 17.9 Å². The molecule has 0 aliphatic rings. The normalized spacial score (nSPS) is 11.5. The van der Waals surface area contributed by atoms with Gasteiger partial charge in [0.1, 0.15) is 0 Å². The fourth-order valence-electron chi connectivity index (χ4n) is 2.91. The van der Waals surface area contributed by atoms with Crippen LogP contribution in [0.4, 0.5) is 4.79 Å². The first-order valence-electron chi connectivity index (χ1n) is 9.90. The van der Waals surface area contributed by atoms with E-state index in [0.29, 0.717) is 19.6 Å². The minimum atomic E-state index is -0.201. The highest BCUT2D eigenvalue weighted by atomic mass is 16.2. The van der Waals surface area contributed by atoms with Crippen molar-refractivity contribution in [1.29, 1.82) is 0 Å². The summed E-state index contributed by atoms with van der Waals surface area (Å²) in [6, 6.07) is 15.8. The third kappa shape index (κ3) is 7.43. The minimum Gasteiger partial charge on any atom is -0.352 e. The lowest BCUT2D eigenvalue weighted by Gasteiger charge is -2.12. The molecular weight excluding hydrogens is 350 g/mol. The number of nitrogens with one attached hydrogen (secondary N) is 3. The monoisotopic (exact) mass is 381 g/mol. The number of carbonyl (C=O) groups is 2. The summed E-state index contributed by atoms with van der Waals surface area (Å²) in [6.45, 7) is 7.50. The fraction of sp³-hybridized carbons (Fsp3) is 0.391. The van der Waals surface area contributed by atoms with E-state index < -0.39 is 0 Å². The van der Waals surface area contributed by atoms with E-state index in [2.05, 4.69) is 22.9 Å². The fourth-order valence-corrected chi connectivity index (χ4v) is 2.91. The van der Waals surface area contributed by atoms with E-state index in [1.807, 2.05) is 62.4 Å². The second-order valence-corrected chi connectivity index (χ2v) is 7.25. The lowest BCUT2D eigenvalue weighted by Crippen LogP contribution is -2.34. The molecule has 2 rings (SSSR count). The summed E-state index contributed by atoms with van der Waals surface area (Å²) < 4.78 is 0. The molecule has 0 aromatic heterocycles. The van der Waals surface area contributed by atoms with E-state index >= 15 is 0 Å². The van der Waals surface area contributed by atoms with Gasteiger partial charge in [0.2, 0.25) is 5.91 Å². The van der Waals surface area contributed by atoms with Crippen molar-refractivity contribution in [2.45, 2.75) is 53.2 Å². The predicted molar refractivity (Wildman–Crippen MR) is 113 cm³/mol. The first-order valence-corrected chi connectivity index (χ1v) is 9.90. The summed E-state index contributed by atoms with van der Waals surface area (Å²) in [7, 11) is 0. The molecular formula is C23H31N3O2. The molecule has 0 bridgehead atoms. The van der Waals surface area contributed by atoms with Gasteiger partial charge in [-0.25, -0.2) is 4.79 Å². The SMILES string of the molecule is CCCC(C)C(=O)NCc1cccc(CNC(=O)NCc2ccc(C)cc2)c1. The molecule has 150 valence electrons. The molecule has 5 heteroatoms. The van der Waals surface area contributed by atoms with Crippen LogP contribution in [-0.4, -0.2) is 11.9 Å². The third-order valence-corrected chi connectivity index (χ3v) is 4.65. The standard InChI is InChI=1S/C23H31N3O2/c1-4-6-18(3)22(27)24-15-20-7-5-8-21(13-20)16-26-23(28)25-14-19-11-9-17(2)10-12-19/h5,7-13,18H,4,6,14-16H2,1-3H3,(H,24,27)(H2,25,26,28). The van der Waals surface area contributed by atoms with Gasteiger partial charge in [0.05, 0.1) is 0 Å². The molecule has 1 atom stereocenters. The summed E-state index contributed by atoms with van der Waals surface area (Å²) in [5, 5.41) is 8.71. The zero-order chi connectivity index (χ0) is 20.4. The Bertz CT molecular complexity index is 772. The number of urea groups is 1. The summed E-state index contributed by atoms with van der Waals surface area (Å²) in [5.74, 6) is 0.118. The molecule has 0 saturated carbocycles. The van der Waals surface area contributed by atoms with Gasteiger partial charge in [0.25, 0.3) is 0 Å². The molecule has 0 fully saturated rings. The van der Waals surface area contributed by atoms with Crippen molar-refractivity contribution in [2.24, 2.45) is 5.92 Å². The van der Waals surface area contributed by atoms with Gasteiger partial charge in [-0.1, -0.05) is 74.4 Å². The van der Waals surface area contributed by atoms with Gasteiger partial charge in [-0.3, -0.25) is 4.79 Å². The minimum absolute atomic E-state index is 0.0343. The maximum absolute atomic E-state index is 12.0. The molecule has 3 N–H and O–H groups in total. The average molecular weight is 382 g/mol. The molecule has 0 radical (unpaired) electrons. The largest absolute Gasteiger partial charge is 0.352 e. The van der Waals surface area contributed by atoms with Crippen molar-refractivity contribution in [2.75, 3.05) is 0 Å². The van der Waals surface area contributed by atoms with Gasteiger partial charge < -0.3 is 16.0 Å². The van der Waals surface area contributed by atoms with Gasteiger partial charge in [-0.15, -0.1) is 0 Å². The summed E-state index contributed by atoms with van der Waals surface area (Å²) >= 11 is 0. The highest BCUT2D eigenvalue weighted by molar-refractivity contribution is 5.78. The maximum Gasteiger partial charge on any atom is 0.315 e. The molecule has 0 saturated heterocycles. The van der Waals surface area contributed by atoms with Crippen molar-refractivity contribution in [3.05, 3.63) is 70.8 Å². The number of aryl methyl sites for hydroxylation is 1. The van der Waals surface area contributed by atoms with Gasteiger partial charge in [-0.05, 0) is 30.0 Å². The Hall–Kier alpha value is -2.82. The Morgan fingerprint density at radius 2 is 1.43 bits per heavy atom. The lowest BCUT2D eigenvalue weighted by atomic mass is 10.1. The van der Waals surface area contributed by atoms with E-state index in [1.54, 1.807) is 0 Å². The number of benzene rings is 2. The quantitative estimate of drug-likeness (QED) is 0.613. The smallest absolute Gasteiger partial charge is 0.315 e. The molecule has 1 unspecified atom stereocenters. The number of rotatable bonds is 9. The zero-order valence-electron chi connectivity index (χ0n) is 17.0. The highest BCUT2D eigenvalue weighted by Gasteiger charge is 2.11. The Balaban J connectivity index is 1.76. The maximum atomic E-state index is 12.0. The Labute approximate surface area is 167 Å². The summed E-state index contributed by atoms with van der Waals surface area (Å²) in [5.41, 5.74) is 4.29. The molecule has 3 amide bonds. The Morgan fingerprint density at radius 1 is 0.857 bits per heavy atom. The van der Waals surface area contributed by atoms with Crippen LogP contribution in [-0.2, 0) is 24.4 Å². The highest BCUT2D eigenvalue weighted by Crippen LogP contribution is 2.08. The van der Waals surface area contributed by atoms with E-state index in [0.717, 1.165) is 29.5 Å². The predicted octanol–water partition coefficient (Wildman–Crippen LogP) is 4.05. The van der Waals surface area contributed by atoms with Crippen LogP contribution in [0.2, 0.25) is 0 Å². The van der Waals surface area contributed by atoms with Crippen LogP contribution >= 0.6 is 0 Å². The van der Waals surface area contributed by atoms with Gasteiger partial charge in [0, 0.05) is 25.6 Å². The van der Waals surface area contributed by atoms with Crippen LogP contribution in [0.25, 0.3) is 0 Å². The first kappa shape index (κ1) is 21.5. The molecule has 0 spiro atoms. The van der Waals surface area contributed by atoms with E-state index in [9.17, 15) is 9.59 Å². The van der Waals surface area contributed by atoms with Crippen molar-refractivity contribution in [3.8, 4) is 0 Å². The van der Waals surface area contributed by atoms with Crippen LogP contribution in [0.15, 0.2) is 48.5 Å². The number of hydrogen-bond donors (Lipinski definition) is 3. The number of amides is 3. The van der Waals surface area contributed by atoms with Crippen LogP contribution in [0.5, 0.6) is 0 Å². The molecule has 0 aliphatic carbocycles.